The molecule has 4 aromatic rings. The number of alkyl halides is 3. The maximum atomic E-state index is 13.3. The molecule has 0 bridgehead atoms. The number of H-pyrrole nitrogens is 1. The van der Waals surface area contributed by atoms with Gasteiger partial charge in [0.2, 0.25) is 5.95 Å². The van der Waals surface area contributed by atoms with Gasteiger partial charge in [-0.25, -0.2) is 14.6 Å². The van der Waals surface area contributed by atoms with Gasteiger partial charge in [0.25, 0.3) is 5.91 Å². The Morgan fingerprint density at radius 3 is 2.36 bits per heavy atom. The lowest BCUT2D eigenvalue weighted by molar-refractivity contribution is -0.192. The largest absolute Gasteiger partial charge is 0.490 e. The number of hydrogen-bond donors (Lipinski definition) is 4. The molecule has 2 aromatic heterocycles. The van der Waals surface area contributed by atoms with E-state index in [0.717, 1.165) is 4.90 Å². The molecular formula is C25H20F3N5O6. The lowest BCUT2D eigenvalue weighted by atomic mass is 9.93. The molecule has 2 amide bonds. The standard InChI is InChI=1S/C23H19N5O4.C2HF3O2/c1-27(22(30)31)21-25-18-10-9-14(12-19(18)26-21)23(32)17-8-3-2-7-16(17)20(29)28(23)13-15-6-4-5-11-24-15;3-2(4,5)1(6)7/h2-12,32H,13H2,1H3,(H,25,26)(H,30,31);(H,6,7). The molecule has 11 nitrogen and oxygen atoms in total. The second-order valence-corrected chi connectivity index (χ2v) is 8.37. The number of amides is 2. The van der Waals surface area contributed by atoms with Crippen molar-refractivity contribution < 1.29 is 42.9 Å². The molecule has 3 heterocycles. The van der Waals surface area contributed by atoms with Crippen LogP contribution in [0.5, 0.6) is 0 Å². The first-order valence-electron chi connectivity index (χ1n) is 11.1. The van der Waals surface area contributed by atoms with Gasteiger partial charge in [-0.15, -0.1) is 0 Å². The smallest absolute Gasteiger partial charge is 0.475 e. The molecule has 0 spiro atoms. The first-order valence-corrected chi connectivity index (χ1v) is 11.1. The molecule has 0 saturated carbocycles. The fourth-order valence-electron chi connectivity index (χ4n) is 4.03. The lowest BCUT2D eigenvalue weighted by Gasteiger charge is -2.34. The summed E-state index contributed by atoms with van der Waals surface area (Å²) >= 11 is 0. The van der Waals surface area contributed by atoms with Crippen molar-refractivity contribution in [2.75, 3.05) is 11.9 Å². The van der Waals surface area contributed by atoms with E-state index in [1.165, 1.54) is 11.9 Å². The summed E-state index contributed by atoms with van der Waals surface area (Å²) in [4.78, 5) is 47.4. The van der Waals surface area contributed by atoms with Crippen molar-refractivity contribution in [2.24, 2.45) is 0 Å². The van der Waals surface area contributed by atoms with Gasteiger partial charge in [-0.05, 0) is 30.3 Å². The third-order valence-electron chi connectivity index (χ3n) is 5.93. The van der Waals surface area contributed by atoms with Gasteiger partial charge in [0, 0.05) is 29.9 Å². The second-order valence-electron chi connectivity index (χ2n) is 8.37. The molecule has 1 aliphatic rings. The van der Waals surface area contributed by atoms with Crippen LogP contribution in [0.4, 0.5) is 23.9 Å². The summed E-state index contributed by atoms with van der Waals surface area (Å²) in [6.45, 7) is 0.110. The fraction of sp³-hybridized carbons (Fsp3) is 0.160. The monoisotopic (exact) mass is 543 g/mol. The van der Waals surface area contributed by atoms with E-state index in [2.05, 4.69) is 15.0 Å². The van der Waals surface area contributed by atoms with Gasteiger partial charge in [-0.2, -0.15) is 13.2 Å². The number of nitrogens with one attached hydrogen (secondary N) is 1. The minimum atomic E-state index is -5.08. The van der Waals surface area contributed by atoms with E-state index in [1.54, 1.807) is 60.8 Å². The Labute approximate surface area is 217 Å². The van der Waals surface area contributed by atoms with Gasteiger partial charge in [0.05, 0.1) is 23.3 Å². The van der Waals surface area contributed by atoms with Crippen LogP contribution in [-0.4, -0.2) is 66.4 Å². The van der Waals surface area contributed by atoms with Crippen LogP contribution in [0.1, 0.15) is 27.2 Å². The number of hydrogen-bond acceptors (Lipinski definition) is 6. The van der Waals surface area contributed by atoms with Gasteiger partial charge in [-0.1, -0.05) is 30.3 Å². The lowest BCUT2D eigenvalue weighted by Crippen LogP contribution is -2.44. The number of aliphatic carboxylic acids is 1. The molecule has 5 rings (SSSR count). The molecule has 1 atom stereocenters. The molecule has 0 aliphatic carbocycles. The van der Waals surface area contributed by atoms with Crippen molar-refractivity contribution in [3.8, 4) is 0 Å². The topological polar surface area (TPSA) is 160 Å². The molecule has 2 aromatic carbocycles. The highest BCUT2D eigenvalue weighted by Gasteiger charge is 2.50. The Bertz CT molecular complexity index is 1560. The summed E-state index contributed by atoms with van der Waals surface area (Å²) < 4.78 is 31.7. The number of pyridine rings is 1. The number of carbonyl (C=O) groups excluding carboxylic acids is 1. The number of anilines is 1. The molecule has 0 saturated heterocycles. The summed E-state index contributed by atoms with van der Waals surface area (Å²) in [5.74, 6) is -2.90. The van der Waals surface area contributed by atoms with Gasteiger partial charge in [0.15, 0.2) is 5.72 Å². The zero-order valence-corrected chi connectivity index (χ0v) is 20.0. The molecule has 1 aliphatic heterocycles. The van der Waals surface area contributed by atoms with Crippen LogP contribution in [0.2, 0.25) is 0 Å². The molecule has 202 valence electrons. The van der Waals surface area contributed by atoms with Crippen LogP contribution in [-0.2, 0) is 17.1 Å². The highest BCUT2D eigenvalue weighted by molar-refractivity contribution is 6.00. The first-order chi connectivity index (χ1) is 18.3. The number of halogens is 3. The Morgan fingerprint density at radius 2 is 1.74 bits per heavy atom. The molecule has 39 heavy (non-hydrogen) atoms. The summed E-state index contributed by atoms with van der Waals surface area (Å²) in [6, 6.07) is 17.4. The number of rotatable bonds is 4. The number of fused-ring (bicyclic) bond motifs is 2. The van der Waals surface area contributed by atoms with Gasteiger partial charge >= 0.3 is 18.2 Å². The number of carbonyl (C=O) groups is 3. The van der Waals surface area contributed by atoms with E-state index in [4.69, 9.17) is 9.90 Å². The number of benzene rings is 2. The summed E-state index contributed by atoms with van der Waals surface area (Å²) in [6.07, 6.45) is -4.60. The van der Waals surface area contributed by atoms with Crippen LogP contribution in [0.15, 0.2) is 66.9 Å². The van der Waals surface area contributed by atoms with E-state index in [9.17, 15) is 33.0 Å². The highest BCUT2D eigenvalue weighted by atomic mass is 19.4. The average Bonchev–Trinajstić information content (AvgIpc) is 3.42. The minimum Gasteiger partial charge on any atom is -0.475 e. The zero-order valence-electron chi connectivity index (χ0n) is 20.0. The number of carboxylic acid groups (broad SMARTS) is 2. The van der Waals surface area contributed by atoms with Crippen molar-refractivity contribution in [3.63, 3.8) is 0 Å². The van der Waals surface area contributed by atoms with Crippen molar-refractivity contribution in [1.29, 1.82) is 0 Å². The van der Waals surface area contributed by atoms with Crippen molar-refractivity contribution in [2.45, 2.75) is 18.4 Å². The van der Waals surface area contributed by atoms with E-state index in [-0.39, 0.29) is 18.4 Å². The van der Waals surface area contributed by atoms with Gasteiger partial charge < -0.3 is 20.3 Å². The van der Waals surface area contributed by atoms with Crippen LogP contribution in [0.3, 0.4) is 0 Å². The maximum absolute atomic E-state index is 13.3. The Kier molecular flexibility index (Phi) is 6.98. The van der Waals surface area contributed by atoms with Crippen molar-refractivity contribution in [3.05, 3.63) is 89.2 Å². The van der Waals surface area contributed by atoms with Crippen LogP contribution in [0.25, 0.3) is 11.0 Å². The number of aromatic nitrogens is 3. The molecular weight excluding hydrogens is 523 g/mol. The van der Waals surface area contributed by atoms with E-state index in [1.807, 2.05) is 6.07 Å². The van der Waals surface area contributed by atoms with Crippen molar-refractivity contribution >= 4 is 35.0 Å². The number of nitrogens with zero attached hydrogens (tertiary/aromatic N) is 4. The first kappa shape index (κ1) is 27.1. The Balaban J connectivity index is 0.000000448. The summed E-state index contributed by atoms with van der Waals surface area (Å²) in [5.41, 5.74) is 1.32. The molecule has 0 fully saturated rings. The third kappa shape index (κ3) is 5.09. The SMILES string of the molecule is CN(C(=O)O)c1nc2ccc(C3(O)c4ccccc4C(=O)N3Cc3ccccn3)cc2[nH]1.O=C(O)C(F)(F)F. The number of aliphatic hydroxyl groups is 1. The van der Waals surface area contributed by atoms with Gasteiger partial charge in [-0.3, -0.25) is 19.6 Å². The number of aromatic amines is 1. The molecule has 1 unspecified atom stereocenters. The maximum Gasteiger partial charge on any atom is 0.490 e. The van der Waals surface area contributed by atoms with Crippen LogP contribution in [0, 0.1) is 0 Å². The number of carboxylic acids is 1. The Hall–Kier alpha value is -4.98. The molecule has 14 heteroatoms. The number of imidazole rings is 1. The minimum absolute atomic E-state index is 0.110. The fourth-order valence-corrected chi connectivity index (χ4v) is 4.03. The van der Waals surface area contributed by atoms with Crippen LogP contribution >= 0.6 is 0 Å². The Morgan fingerprint density at radius 1 is 1.08 bits per heavy atom. The third-order valence-corrected chi connectivity index (χ3v) is 5.93. The zero-order chi connectivity index (χ0) is 28.5. The van der Waals surface area contributed by atoms with Gasteiger partial charge in [0.1, 0.15) is 0 Å². The summed E-state index contributed by atoms with van der Waals surface area (Å²) in [5, 5.41) is 28.4. The molecule has 0 radical (unpaired) electrons. The average molecular weight is 543 g/mol. The molecule has 4 N–H and O–H groups in total. The quantitative estimate of drug-likeness (QED) is 0.304. The van der Waals surface area contributed by atoms with E-state index < -0.39 is 24.0 Å². The summed E-state index contributed by atoms with van der Waals surface area (Å²) in [7, 11) is 1.38. The predicted octanol–water partition coefficient (Wildman–Crippen LogP) is 3.55. The predicted molar refractivity (Wildman–Crippen MR) is 130 cm³/mol. The normalized spacial score (nSPS) is 16.4. The highest BCUT2D eigenvalue weighted by Crippen LogP contribution is 2.43. The van der Waals surface area contributed by atoms with Crippen LogP contribution < -0.4 is 4.90 Å². The second kappa shape index (κ2) is 10.1. The van der Waals surface area contributed by atoms with E-state index in [0.29, 0.717) is 33.4 Å². The van der Waals surface area contributed by atoms with E-state index >= 15 is 0 Å². The van der Waals surface area contributed by atoms with Crippen molar-refractivity contribution in [1.82, 2.24) is 19.9 Å².